The average Bonchev–Trinajstić information content (AvgIpc) is 2.93. The van der Waals surface area contributed by atoms with Crippen LogP contribution in [0.3, 0.4) is 0 Å². The largest absolute Gasteiger partial charge is 0.493 e. The van der Waals surface area contributed by atoms with E-state index in [1.807, 2.05) is 18.2 Å². The third kappa shape index (κ3) is 9.47. The van der Waals surface area contributed by atoms with Gasteiger partial charge in [0.05, 0.1) is 48.6 Å². The lowest BCUT2D eigenvalue weighted by molar-refractivity contribution is -0.121. The highest BCUT2D eigenvalue weighted by Crippen LogP contribution is 2.34. The fourth-order valence-electron chi connectivity index (χ4n) is 4.58. The van der Waals surface area contributed by atoms with Gasteiger partial charge in [0, 0.05) is 37.9 Å². The van der Waals surface area contributed by atoms with Crippen LogP contribution in [0.25, 0.3) is 0 Å². The maximum Gasteiger partial charge on any atom is 0.219 e. The second kappa shape index (κ2) is 16.0. The number of unbranched alkanes of at least 4 members (excludes halogenated alkanes) is 4. The summed E-state index contributed by atoms with van der Waals surface area (Å²) in [6, 6.07) is 12.2. The molecule has 0 aliphatic heterocycles. The molecule has 1 amide bonds. The molecule has 1 atom stereocenters. The number of ether oxygens (including phenoxy) is 4. The number of hydrogen-bond acceptors (Lipinski definition) is 5. The van der Waals surface area contributed by atoms with Gasteiger partial charge in [0.2, 0.25) is 5.91 Å². The van der Waals surface area contributed by atoms with Gasteiger partial charge >= 0.3 is 0 Å². The number of methoxy groups -OCH3 is 4. The molecule has 0 heterocycles. The van der Waals surface area contributed by atoms with Gasteiger partial charge in [0.1, 0.15) is 5.69 Å². The molecule has 2 aromatic carbocycles. The van der Waals surface area contributed by atoms with E-state index in [-0.39, 0.29) is 5.91 Å². The summed E-state index contributed by atoms with van der Waals surface area (Å²) >= 11 is 0. The molecular weight excluding hydrogens is 468 g/mol. The molecule has 7 nitrogen and oxygen atoms in total. The molecule has 0 aliphatic rings. The minimum absolute atomic E-state index is 0.155. The van der Waals surface area contributed by atoms with Crippen molar-refractivity contribution in [2.45, 2.75) is 58.3 Å². The molecule has 0 fully saturated rings. The Bertz CT molecular complexity index is 965. The van der Waals surface area contributed by atoms with Crippen LogP contribution < -0.4 is 28.7 Å². The van der Waals surface area contributed by atoms with Crippen molar-refractivity contribution < 1.29 is 23.7 Å². The number of likely N-dealkylation sites (N-methyl/N-ethyl adjacent to an activating group) is 1. The van der Waals surface area contributed by atoms with E-state index in [1.165, 1.54) is 24.8 Å². The number of hydrogen-bond donors (Lipinski definition) is 1. The highest BCUT2D eigenvalue weighted by atomic mass is 16.5. The van der Waals surface area contributed by atoms with E-state index in [4.69, 9.17) is 18.9 Å². The van der Waals surface area contributed by atoms with Gasteiger partial charge in [0.15, 0.2) is 23.0 Å². The molecular formula is C30H47N2O5+. The van der Waals surface area contributed by atoms with Crippen molar-refractivity contribution in [2.24, 2.45) is 0 Å². The predicted octanol–water partition coefficient (Wildman–Crippen LogP) is 5.77. The third-order valence-corrected chi connectivity index (χ3v) is 6.99. The van der Waals surface area contributed by atoms with Gasteiger partial charge < -0.3 is 24.3 Å². The average molecular weight is 516 g/mol. The molecule has 206 valence electrons. The van der Waals surface area contributed by atoms with Crippen molar-refractivity contribution in [3.05, 3.63) is 42.0 Å². The van der Waals surface area contributed by atoms with Crippen molar-refractivity contribution in [1.29, 1.82) is 0 Å². The fraction of sp³-hybridized carbons (Fsp3) is 0.567. The molecule has 2 rings (SSSR count). The first kappa shape index (κ1) is 30.3. The summed E-state index contributed by atoms with van der Waals surface area (Å²) in [5.41, 5.74) is 2.32. The van der Waals surface area contributed by atoms with E-state index in [0.717, 1.165) is 56.0 Å². The van der Waals surface area contributed by atoms with Crippen LogP contribution in [-0.4, -0.2) is 61.0 Å². The van der Waals surface area contributed by atoms with E-state index in [9.17, 15) is 4.79 Å². The van der Waals surface area contributed by atoms with Crippen LogP contribution in [0.5, 0.6) is 23.0 Å². The smallest absolute Gasteiger partial charge is 0.219 e. The highest BCUT2D eigenvalue weighted by Gasteiger charge is 2.26. The first-order valence-corrected chi connectivity index (χ1v) is 13.5. The minimum Gasteiger partial charge on any atom is -0.493 e. The second-order valence-electron chi connectivity index (χ2n) is 9.69. The van der Waals surface area contributed by atoms with Crippen LogP contribution in [0.1, 0.15) is 57.4 Å². The summed E-state index contributed by atoms with van der Waals surface area (Å²) in [6.07, 6.45) is 8.12. The zero-order chi connectivity index (χ0) is 27.1. The number of carbonyl (C=O) groups excluding carboxylic acids is 1. The lowest BCUT2D eigenvalue weighted by atomic mass is 10.1. The summed E-state index contributed by atoms with van der Waals surface area (Å²) in [7, 11) is 8.85. The number of carbonyl (C=O) groups is 1. The van der Waals surface area contributed by atoms with E-state index in [0.29, 0.717) is 28.9 Å². The number of benzene rings is 2. The molecule has 37 heavy (non-hydrogen) atoms. The zero-order valence-electron chi connectivity index (χ0n) is 23.7. The molecule has 1 unspecified atom stereocenters. The standard InChI is InChI=1S/C30H46N2O5/c1-7-8-9-10-11-13-30(33)31-19-12-20-32(2,25-15-17-27(35-4)29(23-25)37-6)21-18-24-14-16-26(34-3)28(22-24)36-5/h14-17,22-23H,7-13,18-21H2,1-6H3/p+1. The Kier molecular flexibility index (Phi) is 13.1. The number of amides is 1. The summed E-state index contributed by atoms with van der Waals surface area (Å²) in [6.45, 7) is 4.62. The van der Waals surface area contributed by atoms with Crippen molar-refractivity contribution in [2.75, 3.05) is 55.1 Å². The van der Waals surface area contributed by atoms with Gasteiger partial charge in [-0.3, -0.25) is 9.28 Å². The summed E-state index contributed by atoms with van der Waals surface area (Å²) < 4.78 is 22.6. The predicted molar refractivity (Wildman–Crippen MR) is 151 cm³/mol. The van der Waals surface area contributed by atoms with E-state index in [1.54, 1.807) is 28.4 Å². The van der Waals surface area contributed by atoms with Gasteiger partial charge in [-0.2, -0.15) is 0 Å². The van der Waals surface area contributed by atoms with Gasteiger partial charge in [-0.05, 0) is 30.2 Å². The zero-order valence-corrected chi connectivity index (χ0v) is 23.7. The minimum atomic E-state index is 0.155. The quantitative estimate of drug-likeness (QED) is 0.202. The third-order valence-electron chi connectivity index (χ3n) is 6.99. The number of nitrogens with zero attached hydrogens (tertiary/aromatic N) is 1. The highest BCUT2D eigenvalue weighted by molar-refractivity contribution is 5.75. The van der Waals surface area contributed by atoms with Gasteiger partial charge in [-0.25, -0.2) is 0 Å². The monoisotopic (exact) mass is 515 g/mol. The normalized spacial score (nSPS) is 12.5. The maximum absolute atomic E-state index is 12.3. The molecule has 1 N–H and O–H groups in total. The first-order valence-electron chi connectivity index (χ1n) is 13.5. The van der Waals surface area contributed by atoms with Crippen molar-refractivity contribution in [1.82, 2.24) is 9.80 Å². The molecule has 2 aromatic rings. The topological polar surface area (TPSA) is 66.0 Å². The van der Waals surface area contributed by atoms with Crippen LogP contribution >= 0.6 is 0 Å². The van der Waals surface area contributed by atoms with Crippen LogP contribution in [0.4, 0.5) is 5.69 Å². The Hall–Kier alpha value is -2.93. The number of nitrogens with one attached hydrogen (secondary N) is 1. The Labute approximate surface area is 223 Å². The molecule has 0 aliphatic carbocycles. The van der Waals surface area contributed by atoms with Crippen LogP contribution in [0.2, 0.25) is 0 Å². The summed E-state index contributed by atoms with van der Waals surface area (Å²) in [4.78, 5) is 12.3. The van der Waals surface area contributed by atoms with Gasteiger partial charge in [0.25, 0.3) is 0 Å². The van der Waals surface area contributed by atoms with E-state index >= 15 is 0 Å². The van der Waals surface area contributed by atoms with Crippen LogP contribution in [-0.2, 0) is 11.2 Å². The lowest BCUT2D eigenvalue weighted by Crippen LogP contribution is -2.48. The van der Waals surface area contributed by atoms with Crippen molar-refractivity contribution >= 4 is 11.6 Å². The van der Waals surface area contributed by atoms with Crippen LogP contribution in [0.15, 0.2) is 36.4 Å². The van der Waals surface area contributed by atoms with Gasteiger partial charge in [-0.1, -0.05) is 38.7 Å². The van der Waals surface area contributed by atoms with Crippen molar-refractivity contribution in [3.63, 3.8) is 0 Å². The Morgan fingerprint density at radius 1 is 0.757 bits per heavy atom. The Balaban J connectivity index is 2.07. The molecule has 0 aromatic heterocycles. The van der Waals surface area contributed by atoms with E-state index < -0.39 is 0 Å². The van der Waals surface area contributed by atoms with E-state index in [2.05, 4.69) is 37.5 Å². The summed E-state index contributed by atoms with van der Waals surface area (Å²) in [5, 5.41) is 3.12. The number of quaternary nitrogens is 1. The van der Waals surface area contributed by atoms with Crippen molar-refractivity contribution in [3.8, 4) is 23.0 Å². The molecule has 0 radical (unpaired) electrons. The molecule has 7 heteroatoms. The molecule has 0 bridgehead atoms. The molecule has 0 saturated heterocycles. The summed E-state index contributed by atoms with van der Waals surface area (Å²) in [5.74, 6) is 3.04. The van der Waals surface area contributed by atoms with Gasteiger partial charge in [-0.15, -0.1) is 0 Å². The molecule has 0 saturated carbocycles. The molecule has 0 spiro atoms. The van der Waals surface area contributed by atoms with Crippen LogP contribution in [0, 0.1) is 0 Å². The SMILES string of the molecule is CCCCCCCC(=O)NCCC[N+](C)(CCc1ccc(OC)c(OC)c1)c1ccc(OC)c(OC)c1. The fourth-order valence-corrected chi connectivity index (χ4v) is 4.58. The first-order chi connectivity index (χ1) is 17.9. The Morgan fingerprint density at radius 3 is 2.03 bits per heavy atom. The lowest BCUT2D eigenvalue weighted by Gasteiger charge is -2.35. The Morgan fingerprint density at radius 2 is 1.38 bits per heavy atom. The number of rotatable bonds is 18. The maximum atomic E-state index is 12.3. The second-order valence-corrected chi connectivity index (χ2v) is 9.69.